The van der Waals surface area contributed by atoms with E-state index in [9.17, 15) is 4.79 Å². The Hall–Kier alpha value is -0.280. The molecular formula is C12H20ClNO2. The average molecular weight is 246 g/mol. The molecule has 0 aliphatic carbocycles. The number of amides is 1. The van der Waals surface area contributed by atoms with Crippen LogP contribution in [0.1, 0.15) is 38.5 Å². The molecule has 0 aromatic heterocycles. The van der Waals surface area contributed by atoms with E-state index in [1.54, 1.807) is 0 Å². The van der Waals surface area contributed by atoms with Gasteiger partial charge >= 0.3 is 0 Å². The van der Waals surface area contributed by atoms with E-state index in [4.69, 9.17) is 16.3 Å². The van der Waals surface area contributed by atoms with Gasteiger partial charge in [-0.2, -0.15) is 0 Å². The highest BCUT2D eigenvalue weighted by atomic mass is 35.5. The van der Waals surface area contributed by atoms with Gasteiger partial charge in [0.25, 0.3) is 5.91 Å². The number of carbonyl (C=O) groups excluding carboxylic acids is 1. The number of nitrogens with zero attached hydrogens (tertiary/aromatic N) is 1. The van der Waals surface area contributed by atoms with Crippen molar-refractivity contribution < 1.29 is 9.53 Å². The first-order chi connectivity index (χ1) is 7.83. The lowest BCUT2D eigenvalue weighted by atomic mass is 10.1. The first-order valence-electron chi connectivity index (χ1n) is 6.31. The Bertz CT molecular complexity index is 241. The SMILES string of the molecule is O=C(C1CCCO1)N1CCCC1CCCCl. The lowest BCUT2D eigenvalue weighted by Crippen LogP contribution is -2.41. The maximum absolute atomic E-state index is 12.2. The number of halogens is 1. The summed E-state index contributed by atoms with van der Waals surface area (Å²) in [5, 5.41) is 0. The third kappa shape index (κ3) is 2.69. The minimum absolute atomic E-state index is 0.156. The summed E-state index contributed by atoms with van der Waals surface area (Å²) in [5.74, 6) is 0.910. The van der Waals surface area contributed by atoms with Gasteiger partial charge < -0.3 is 9.64 Å². The molecule has 2 unspecified atom stereocenters. The van der Waals surface area contributed by atoms with Gasteiger partial charge in [-0.15, -0.1) is 11.6 Å². The van der Waals surface area contributed by atoms with Crippen molar-refractivity contribution in [1.29, 1.82) is 0 Å². The zero-order valence-electron chi connectivity index (χ0n) is 9.66. The Morgan fingerprint density at radius 3 is 2.94 bits per heavy atom. The van der Waals surface area contributed by atoms with Gasteiger partial charge in [0.05, 0.1) is 0 Å². The summed E-state index contributed by atoms with van der Waals surface area (Å²) < 4.78 is 5.46. The van der Waals surface area contributed by atoms with Gasteiger partial charge in [-0.05, 0) is 38.5 Å². The first kappa shape index (κ1) is 12.2. The van der Waals surface area contributed by atoms with Crippen molar-refractivity contribution in [3.63, 3.8) is 0 Å². The summed E-state index contributed by atoms with van der Waals surface area (Å²) in [6.45, 7) is 1.65. The number of carbonyl (C=O) groups is 1. The lowest BCUT2D eigenvalue weighted by molar-refractivity contribution is -0.141. The third-order valence-electron chi connectivity index (χ3n) is 3.54. The minimum atomic E-state index is -0.156. The smallest absolute Gasteiger partial charge is 0.251 e. The number of hydrogen-bond acceptors (Lipinski definition) is 2. The van der Waals surface area contributed by atoms with Gasteiger partial charge in [0.1, 0.15) is 6.10 Å². The van der Waals surface area contributed by atoms with Crippen LogP contribution in [0.3, 0.4) is 0 Å². The average Bonchev–Trinajstić information content (AvgIpc) is 2.96. The summed E-state index contributed by atoms with van der Waals surface area (Å²) in [6.07, 6.45) is 6.08. The number of alkyl halides is 1. The standard InChI is InChI=1S/C12H20ClNO2/c13-7-1-4-10-5-2-8-14(10)12(15)11-6-3-9-16-11/h10-11H,1-9H2. The zero-order valence-corrected chi connectivity index (χ0v) is 10.4. The van der Waals surface area contributed by atoms with E-state index in [-0.39, 0.29) is 12.0 Å². The molecule has 2 rings (SSSR count). The molecular weight excluding hydrogens is 226 g/mol. The van der Waals surface area contributed by atoms with Gasteiger partial charge in [-0.1, -0.05) is 0 Å². The van der Waals surface area contributed by atoms with Crippen LogP contribution in [0.5, 0.6) is 0 Å². The third-order valence-corrected chi connectivity index (χ3v) is 3.80. The maximum atomic E-state index is 12.2. The molecule has 2 saturated heterocycles. The Balaban J connectivity index is 1.88. The number of ether oxygens (including phenoxy) is 1. The Morgan fingerprint density at radius 1 is 1.38 bits per heavy atom. The van der Waals surface area contributed by atoms with Crippen LogP contribution in [0.25, 0.3) is 0 Å². The van der Waals surface area contributed by atoms with E-state index in [0.29, 0.717) is 11.9 Å². The summed E-state index contributed by atoms with van der Waals surface area (Å²) in [4.78, 5) is 14.2. The van der Waals surface area contributed by atoms with E-state index in [2.05, 4.69) is 0 Å². The second-order valence-corrected chi connectivity index (χ2v) is 5.04. The second-order valence-electron chi connectivity index (χ2n) is 4.66. The van der Waals surface area contributed by atoms with Crippen LogP contribution in [0, 0.1) is 0 Å². The van der Waals surface area contributed by atoms with E-state index in [1.807, 2.05) is 4.90 Å². The van der Waals surface area contributed by atoms with E-state index in [1.165, 1.54) is 0 Å². The summed E-state index contributed by atoms with van der Waals surface area (Å²) in [6, 6.07) is 0.412. The van der Waals surface area contributed by atoms with Crippen LogP contribution >= 0.6 is 11.6 Å². The van der Waals surface area contributed by atoms with Crippen molar-refractivity contribution in [2.24, 2.45) is 0 Å². The Kier molecular flexibility index (Phi) is 4.47. The molecule has 2 atom stereocenters. The molecule has 0 bridgehead atoms. The zero-order chi connectivity index (χ0) is 11.4. The number of rotatable bonds is 4. The maximum Gasteiger partial charge on any atom is 0.251 e. The molecule has 3 nitrogen and oxygen atoms in total. The molecule has 2 fully saturated rings. The molecule has 16 heavy (non-hydrogen) atoms. The molecule has 4 heteroatoms. The molecule has 2 aliphatic heterocycles. The normalized spacial score (nSPS) is 29.9. The first-order valence-corrected chi connectivity index (χ1v) is 6.84. The largest absolute Gasteiger partial charge is 0.368 e. The van der Waals surface area contributed by atoms with Crippen molar-refractivity contribution in [3.05, 3.63) is 0 Å². The van der Waals surface area contributed by atoms with Crippen LogP contribution in [0.15, 0.2) is 0 Å². The van der Waals surface area contributed by atoms with Crippen molar-refractivity contribution in [3.8, 4) is 0 Å². The van der Waals surface area contributed by atoms with Crippen molar-refractivity contribution in [2.75, 3.05) is 19.0 Å². The van der Waals surface area contributed by atoms with Gasteiger partial charge in [0.2, 0.25) is 0 Å². The fourth-order valence-electron chi connectivity index (χ4n) is 2.70. The molecule has 2 aliphatic rings. The monoisotopic (exact) mass is 245 g/mol. The number of likely N-dealkylation sites (tertiary alicyclic amines) is 1. The second kappa shape index (κ2) is 5.87. The van der Waals surface area contributed by atoms with E-state index < -0.39 is 0 Å². The van der Waals surface area contributed by atoms with Crippen LogP contribution in [-0.4, -0.2) is 42.0 Å². The fraction of sp³-hybridized carbons (Fsp3) is 0.917. The Morgan fingerprint density at radius 2 is 2.25 bits per heavy atom. The molecule has 0 aromatic rings. The van der Waals surface area contributed by atoms with Crippen molar-refractivity contribution in [1.82, 2.24) is 4.90 Å². The minimum Gasteiger partial charge on any atom is -0.368 e. The van der Waals surface area contributed by atoms with Gasteiger partial charge in [-0.3, -0.25) is 4.79 Å². The highest BCUT2D eigenvalue weighted by molar-refractivity contribution is 6.17. The van der Waals surface area contributed by atoms with Gasteiger partial charge in [0.15, 0.2) is 0 Å². The molecule has 1 amide bonds. The van der Waals surface area contributed by atoms with Crippen molar-refractivity contribution in [2.45, 2.75) is 50.7 Å². The molecule has 0 aromatic carbocycles. The van der Waals surface area contributed by atoms with Gasteiger partial charge in [-0.25, -0.2) is 0 Å². The Labute approximate surface area is 102 Å². The molecule has 0 radical (unpaired) electrons. The predicted molar refractivity (Wildman–Crippen MR) is 63.7 cm³/mol. The summed E-state index contributed by atoms with van der Waals surface area (Å²) in [5.41, 5.74) is 0. The quantitative estimate of drug-likeness (QED) is 0.711. The summed E-state index contributed by atoms with van der Waals surface area (Å²) >= 11 is 5.71. The molecule has 2 heterocycles. The number of hydrogen-bond donors (Lipinski definition) is 0. The lowest BCUT2D eigenvalue weighted by Gasteiger charge is -2.26. The predicted octanol–water partition coefficient (Wildman–Crippen LogP) is 2.18. The van der Waals surface area contributed by atoms with Crippen molar-refractivity contribution >= 4 is 17.5 Å². The van der Waals surface area contributed by atoms with E-state index in [0.717, 1.165) is 51.7 Å². The molecule has 92 valence electrons. The van der Waals surface area contributed by atoms with Crippen LogP contribution in [-0.2, 0) is 9.53 Å². The molecule has 0 N–H and O–H groups in total. The van der Waals surface area contributed by atoms with E-state index >= 15 is 0 Å². The van der Waals surface area contributed by atoms with Gasteiger partial charge in [0, 0.05) is 25.1 Å². The highest BCUT2D eigenvalue weighted by Gasteiger charge is 2.34. The summed E-state index contributed by atoms with van der Waals surface area (Å²) in [7, 11) is 0. The molecule has 0 saturated carbocycles. The van der Waals surface area contributed by atoms with Crippen LogP contribution in [0.2, 0.25) is 0 Å². The highest BCUT2D eigenvalue weighted by Crippen LogP contribution is 2.25. The fourth-order valence-corrected chi connectivity index (χ4v) is 2.85. The topological polar surface area (TPSA) is 29.5 Å². The van der Waals surface area contributed by atoms with Crippen LogP contribution < -0.4 is 0 Å². The van der Waals surface area contributed by atoms with Crippen LogP contribution in [0.4, 0.5) is 0 Å². The molecule has 0 spiro atoms.